The standard InChI is InChI=1S/C14H16F3NO4/c1-18(12(19)6-7-13(20)21)8-9-22-11-4-2-10(3-5-11)14(15,16)17/h2-5H,6-9H2,1H3,(H,20,21). The van der Waals surface area contributed by atoms with Crippen molar-refractivity contribution in [2.24, 2.45) is 0 Å². The van der Waals surface area contributed by atoms with E-state index in [1.165, 1.54) is 24.1 Å². The zero-order chi connectivity index (χ0) is 16.8. The largest absolute Gasteiger partial charge is 0.492 e. The zero-order valence-electron chi connectivity index (χ0n) is 11.9. The summed E-state index contributed by atoms with van der Waals surface area (Å²) < 4.78 is 42.3. The highest BCUT2D eigenvalue weighted by Gasteiger charge is 2.29. The molecule has 1 rings (SSSR count). The number of carboxylic acids is 1. The fourth-order valence-electron chi connectivity index (χ4n) is 1.57. The molecule has 0 aromatic heterocycles. The molecule has 0 unspecified atom stereocenters. The summed E-state index contributed by atoms with van der Waals surface area (Å²) >= 11 is 0. The average molecular weight is 319 g/mol. The van der Waals surface area contributed by atoms with Gasteiger partial charge in [-0.15, -0.1) is 0 Å². The fraction of sp³-hybridized carbons (Fsp3) is 0.429. The van der Waals surface area contributed by atoms with E-state index in [1.807, 2.05) is 0 Å². The highest BCUT2D eigenvalue weighted by atomic mass is 19.4. The maximum Gasteiger partial charge on any atom is 0.416 e. The monoisotopic (exact) mass is 319 g/mol. The summed E-state index contributed by atoms with van der Waals surface area (Å²) in [4.78, 5) is 23.2. The summed E-state index contributed by atoms with van der Waals surface area (Å²) in [6.45, 7) is 0.306. The Balaban J connectivity index is 2.37. The van der Waals surface area contributed by atoms with Gasteiger partial charge in [0.2, 0.25) is 5.91 Å². The van der Waals surface area contributed by atoms with E-state index < -0.39 is 17.7 Å². The van der Waals surface area contributed by atoms with Gasteiger partial charge in [0.05, 0.1) is 18.5 Å². The number of rotatable bonds is 7. The molecule has 0 aliphatic heterocycles. The van der Waals surface area contributed by atoms with Gasteiger partial charge in [-0.05, 0) is 24.3 Å². The molecule has 1 aromatic rings. The number of carbonyl (C=O) groups is 2. The number of likely N-dealkylation sites (N-methyl/N-ethyl adjacent to an activating group) is 1. The zero-order valence-corrected chi connectivity index (χ0v) is 11.9. The first-order chi connectivity index (χ1) is 10.2. The number of nitrogens with zero attached hydrogens (tertiary/aromatic N) is 1. The lowest BCUT2D eigenvalue weighted by Crippen LogP contribution is -2.31. The van der Waals surface area contributed by atoms with Crippen LogP contribution in [0, 0.1) is 0 Å². The van der Waals surface area contributed by atoms with Crippen molar-refractivity contribution in [2.75, 3.05) is 20.2 Å². The second-order valence-corrected chi connectivity index (χ2v) is 4.58. The minimum atomic E-state index is -4.39. The van der Waals surface area contributed by atoms with Crippen LogP contribution < -0.4 is 4.74 Å². The molecule has 0 radical (unpaired) electrons. The number of ether oxygens (including phenoxy) is 1. The van der Waals surface area contributed by atoms with Crippen molar-refractivity contribution in [1.29, 1.82) is 0 Å². The van der Waals surface area contributed by atoms with Gasteiger partial charge in [0.1, 0.15) is 12.4 Å². The lowest BCUT2D eigenvalue weighted by atomic mass is 10.2. The van der Waals surface area contributed by atoms with Gasteiger partial charge >= 0.3 is 12.1 Å². The molecule has 5 nitrogen and oxygen atoms in total. The molecular formula is C14H16F3NO4. The van der Waals surface area contributed by atoms with Crippen LogP contribution in [-0.2, 0) is 15.8 Å². The fourth-order valence-corrected chi connectivity index (χ4v) is 1.57. The van der Waals surface area contributed by atoms with Crippen LogP contribution in [0.4, 0.5) is 13.2 Å². The van der Waals surface area contributed by atoms with Crippen LogP contribution in [0.25, 0.3) is 0 Å². The summed E-state index contributed by atoms with van der Waals surface area (Å²) in [6, 6.07) is 4.23. The Morgan fingerprint density at radius 2 is 1.77 bits per heavy atom. The summed E-state index contributed by atoms with van der Waals surface area (Å²) in [5.41, 5.74) is -0.763. The molecule has 22 heavy (non-hydrogen) atoms. The van der Waals surface area contributed by atoms with Crippen LogP contribution in [0.1, 0.15) is 18.4 Å². The Hall–Kier alpha value is -2.25. The maximum absolute atomic E-state index is 12.4. The second-order valence-electron chi connectivity index (χ2n) is 4.58. The lowest BCUT2D eigenvalue weighted by Gasteiger charge is -2.17. The van der Waals surface area contributed by atoms with E-state index in [0.717, 1.165) is 12.1 Å². The Morgan fingerprint density at radius 3 is 2.27 bits per heavy atom. The summed E-state index contributed by atoms with van der Waals surface area (Å²) in [5.74, 6) is -1.12. The first kappa shape index (κ1) is 17.8. The molecule has 0 bridgehead atoms. The molecule has 0 aliphatic rings. The quantitative estimate of drug-likeness (QED) is 0.838. The normalized spacial score (nSPS) is 11.1. The Morgan fingerprint density at radius 1 is 1.18 bits per heavy atom. The van der Waals surface area contributed by atoms with E-state index in [-0.39, 0.29) is 37.6 Å². The number of carboxylic acid groups (broad SMARTS) is 1. The van der Waals surface area contributed by atoms with Crippen molar-refractivity contribution in [3.63, 3.8) is 0 Å². The van der Waals surface area contributed by atoms with Gasteiger partial charge in [-0.3, -0.25) is 9.59 Å². The molecule has 1 aromatic carbocycles. The van der Waals surface area contributed by atoms with Crippen LogP contribution >= 0.6 is 0 Å². The third-order valence-corrected chi connectivity index (χ3v) is 2.86. The van der Waals surface area contributed by atoms with Crippen molar-refractivity contribution in [3.05, 3.63) is 29.8 Å². The number of hydrogen-bond acceptors (Lipinski definition) is 3. The average Bonchev–Trinajstić information content (AvgIpc) is 2.44. The number of carbonyl (C=O) groups excluding carboxylic acids is 1. The van der Waals surface area contributed by atoms with E-state index in [9.17, 15) is 22.8 Å². The van der Waals surface area contributed by atoms with Crippen LogP contribution in [-0.4, -0.2) is 42.1 Å². The van der Waals surface area contributed by atoms with Gasteiger partial charge in [-0.1, -0.05) is 0 Å². The molecule has 0 heterocycles. The predicted molar refractivity (Wildman–Crippen MR) is 71.4 cm³/mol. The number of benzene rings is 1. The second kappa shape index (κ2) is 7.67. The molecule has 0 atom stereocenters. The number of alkyl halides is 3. The van der Waals surface area contributed by atoms with Crippen molar-refractivity contribution >= 4 is 11.9 Å². The van der Waals surface area contributed by atoms with E-state index in [4.69, 9.17) is 9.84 Å². The van der Waals surface area contributed by atoms with Crippen LogP contribution in [0.3, 0.4) is 0 Å². The number of halogens is 3. The molecule has 1 amide bonds. The smallest absolute Gasteiger partial charge is 0.416 e. The summed E-state index contributed by atoms with van der Waals surface area (Å²) in [7, 11) is 1.50. The maximum atomic E-state index is 12.4. The van der Waals surface area contributed by atoms with Gasteiger partial charge in [-0.25, -0.2) is 0 Å². The first-order valence-corrected chi connectivity index (χ1v) is 6.46. The Kier molecular flexibility index (Phi) is 6.21. The molecular weight excluding hydrogens is 303 g/mol. The van der Waals surface area contributed by atoms with Crippen molar-refractivity contribution in [3.8, 4) is 5.75 Å². The van der Waals surface area contributed by atoms with Gasteiger partial charge in [-0.2, -0.15) is 13.2 Å². The molecule has 8 heteroatoms. The first-order valence-electron chi connectivity index (χ1n) is 6.46. The Bertz CT molecular complexity index is 514. The molecule has 0 saturated carbocycles. The van der Waals surface area contributed by atoms with Gasteiger partial charge in [0.25, 0.3) is 0 Å². The lowest BCUT2D eigenvalue weighted by molar-refractivity contribution is -0.140. The molecule has 0 aliphatic carbocycles. The number of hydrogen-bond donors (Lipinski definition) is 1. The van der Waals surface area contributed by atoms with Gasteiger partial charge < -0.3 is 14.7 Å². The topological polar surface area (TPSA) is 66.8 Å². The van der Waals surface area contributed by atoms with Crippen LogP contribution in [0.5, 0.6) is 5.75 Å². The van der Waals surface area contributed by atoms with E-state index >= 15 is 0 Å². The van der Waals surface area contributed by atoms with E-state index in [1.54, 1.807) is 0 Å². The highest BCUT2D eigenvalue weighted by molar-refractivity contribution is 5.80. The van der Waals surface area contributed by atoms with E-state index in [2.05, 4.69) is 0 Å². The molecule has 0 saturated heterocycles. The molecule has 0 spiro atoms. The predicted octanol–water partition coefficient (Wildman–Crippen LogP) is 2.41. The van der Waals surface area contributed by atoms with Gasteiger partial charge in [0, 0.05) is 13.5 Å². The minimum absolute atomic E-state index is 0.0979. The van der Waals surface area contributed by atoms with Crippen LogP contribution in [0.15, 0.2) is 24.3 Å². The van der Waals surface area contributed by atoms with E-state index in [0.29, 0.717) is 0 Å². The SMILES string of the molecule is CN(CCOc1ccc(C(F)(F)F)cc1)C(=O)CCC(=O)O. The highest BCUT2D eigenvalue weighted by Crippen LogP contribution is 2.30. The Labute approximate surface area is 125 Å². The van der Waals surface area contributed by atoms with Crippen molar-refractivity contribution < 1.29 is 32.6 Å². The van der Waals surface area contributed by atoms with Crippen LogP contribution in [0.2, 0.25) is 0 Å². The number of amides is 1. The summed E-state index contributed by atoms with van der Waals surface area (Å²) in [6.07, 6.45) is -4.75. The minimum Gasteiger partial charge on any atom is -0.492 e. The molecule has 122 valence electrons. The summed E-state index contributed by atoms with van der Waals surface area (Å²) in [5, 5.41) is 8.47. The molecule has 1 N–H and O–H groups in total. The number of aliphatic carboxylic acids is 1. The third kappa shape index (κ3) is 6.02. The molecule has 0 fully saturated rings. The van der Waals surface area contributed by atoms with Crippen molar-refractivity contribution in [2.45, 2.75) is 19.0 Å². The van der Waals surface area contributed by atoms with Crippen molar-refractivity contribution in [1.82, 2.24) is 4.90 Å². The van der Waals surface area contributed by atoms with Gasteiger partial charge in [0.15, 0.2) is 0 Å². The third-order valence-electron chi connectivity index (χ3n) is 2.86.